The van der Waals surface area contributed by atoms with Gasteiger partial charge in [0.05, 0.1) is 16.2 Å². The van der Waals surface area contributed by atoms with Gasteiger partial charge in [0, 0.05) is 11.8 Å². The van der Waals surface area contributed by atoms with E-state index in [0.29, 0.717) is 5.56 Å². The van der Waals surface area contributed by atoms with E-state index < -0.39 is 24.6 Å². The first kappa shape index (κ1) is 15.0. The van der Waals surface area contributed by atoms with E-state index in [2.05, 4.69) is 9.71 Å². The van der Waals surface area contributed by atoms with Crippen LogP contribution in [0.2, 0.25) is 0 Å². The lowest BCUT2D eigenvalue weighted by Crippen LogP contribution is -2.35. The predicted molar refractivity (Wildman–Crippen MR) is 77.1 cm³/mol. The standard InChI is InChI=1S/C12H16N2O4S2/c1-12(2,19(3,15)16)8-13-11-9-6-4-5-7-10(9)20(17,18)14-11/h4-7H,8H2,1-3H3,(H,13,14). The van der Waals surface area contributed by atoms with Crippen LogP contribution in [0.1, 0.15) is 19.4 Å². The Morgan fingerprint density at radius 2 is 1.85 bits per heavy atom. The summed E-state index contributed by atoms with van der Waals surface area (Å²) in [7, 11) is -6.87. The van der Waals surface area contributed by atoms with E-state index >= 15 is 0 Å². The number of benzene rings is 1. The Labute approximate surface area is 118 Å². The highest BCUT2D eigenvalue weighted by Gasteiger charge is 2.33. The summed E-state index contributed by atoms with van der Waals surface area (Å²) in [5.74, 6) is 0.192. The van der Waals surface area contributed by atoms with Gasteiger partial charge in [-0.15, -0.1) is 0 Å². The van der Waals surface area contributed by atoms with E-state index in [1.165, 1.54) is 6.07 Å². The Morgan fingerprint density at radius 1 is 1.25 bits per heavy atom. The molecule has 1 N–H and O–H groups in total. The molecule has 0 aliphatic carbocycles. The molecule has 1 aromatic carbocycles. The average Bonchev–Trinajstić information content (AvgIpc) is 2.58. The Morgan fingerprint density at radius 3 is 2.45 bits per heavy atom. The molecule has 0 atom stereocenters. The molecule has 110 valence electrons. The van der Waals surface area contributed by atoms with Crippen LogP contribution in [0.5, 0.6) is 0 Å². The number of nitrogens with zero attached hydrogens (tertiary/aromatic N) is 1. The molecule has 0 spiro atoms. The Hall–Kier alpha value is -1.41. The van der Waals surface area contributed by atoms with E-state index in [1.54, 1.807) is 32.0 Å². The van der Waals surface area contributed by atoms with Gasteiger partial charge in [-0.05, 0) is 26.0 Å². The molecular weight excluding hydrogens is 300 g/mol. The minimum absolute atomic E-state index is 0.0159. The summed E-state index contributed by atoms with van der Waals surface area (Å²) in [6.07, 6.45) is 1.14. The van der Waals surface area contributed by atoms with Gasteiger partial charge in [0.15, 0.2) is 9.84 Å². The number of sulfonamides is 1. The zero-order chi connectivity index (χ0) is 15.2. The molecule has 0 fully saturated rings. The van der Waals surface area contributed by atoms with Crippen molar-refractivity contribution in [2.45, 2.75) is 23.5 Å². The van der Waals surface area contributed by atoms with Crippen molar-refractivity contribution in [1.29, 1.82) is 0 Å². The van der Waals surface area contributed by atoms with Crippen LogP contribution in [0.4, 0.5) is 0 Å². The molecule has 8 heteroatoms. The Bertz CT molecular complexity index is 777. The van der Waals surface area contributed by atoms with Crippen molar-refractivity contribution < 1.29 is 16.8 Å². The van der Waals surface area contributed by atoms with Crippen molar-refractivity contribution in [1.82, 2.24) is 4.72 Å². The van der Waals surface area contributed by atoms with Gasteiger partial charge in [-0.2, -0.15) is 0 Å². The van der Waals surface area contributed by atoms with E-state index in [4.69, 9.17) is 0 Å². The monoisotopic (exact) mass is 316 g/mol. The summed E-state index contributed by atoms with van der Waals surface area (Å²) < 4.78 is 48.3. The van der Waals surface area contributed by atoms with Crippen LogP contribution in [0.25, 0.3) is 0 Å². The van der Waals surface area contributed by atoms with Crippen LogP contribution in [-0.4, -0.2) is 40.2 Å². The molecule has 1 aliphatic rings. The molecule has 20 heavy (non-hydrogen) atoms. The largest absolute Gasteiger partial charge is 0.266 e. The van der Waals surface area contributed by atoms with Crippen molar-refractivity contribution in [3.8, 4) is 0 Å². The van der Waals surface area contributed by atoms with Crippen LogP contribution < -0.4 is 4.72 Å². The first-order valence-corrected chi connectivity index (χ1v) is 9.28. The van der Waals surface area contributed by atoms with E-state index in [-0.39, 0.29) is 17.3 Å². The molecule has 0 unspecified atom stereocenters. The average molecular weight is 316 g/mol. The fraction of sp³-hybridized carbons (Fsp3) is 0.417. The van der Waals surface area contributed by atoms with Crippen LogP contribution in [0.3, 0.4) is 0 Å². The van der Waals surface area contributed by atoms with Crippen LogP contribution >= 0.6 is 0 Å². The lowest BCUT2D eigenvalue weighted by molar-refractivity contribution is 0.555. The topological polar surface area (TPSA) is 92.7 Å². The fourth-order valence-electron chi connectivity index (χ4n) is 1.64. The summed E-state index contributed by atoms with van der Waals surface area (Å²) in [5.41, 5.74) is 0.469. The van der Waals surface area contributed by atoms with Crippen LogP contribution in [0.15, 0.2) is 34.2 Å². The van der Waals surface area contributed by atoms with Gasteiger partial charge in [-0.1, -0.05) is 12.1 Å². The van der Waals surface area contributed by atoms with Crippen molar-refractivity contribution in [3.05, 3.63) is 29.8 Å². The number of nitrogens with one attached hydrogen (secondary N) is 1. The quantitative estimate of drug-likeness (QED) is 0.881. The van der Waals surface area contributed by atoms with Gasteiger partial charge in [0.1, 0.15) is 5.84 Å². The summed E-state index contributed by atoms with van der Waals surface area (Å²) in [5, 5.41) is 0. The first-order chi connectivity index (χ1) is 9.05. The molecule has 1 aromatic rings. The van der Waals surface area contributed by atoms with Gasteiger partial charge in [0.2, 0.25) is 0 Å². The molecule has 0 saturated carbocycles. The maximum atomic E-state index is 11.9. The second-order valence-electron chi connectivity index (χ2n) is 5.30. The highest BCUT2D eigenvalue weighted by atomic mass is 32.2. The highest BCUT2D eigenvalue weighted by Crippen LogP contribution is 2.23. The molecule has 2 rings (SSSR count). The molecule has 0 bridgehead atoms. The second-order valence-corrected chi connectivity index (χ2v) is 9.60. The van der Waals surface area contributed by atoms with Crippen molar-refractivity contribution in [3.63, 3.8) is 0 Å². The van der Waals surface area contributed by atoms with Crippen LogP contribution in [-0.2, 0) is 19.9 Å². The smallest absolute Gasteiger partial charge is 0.263 e. The fourth-order valence-corrected chi connectivity index (χ4v) is 3.19. The molecule has 0 aromatic heterocycles. The minimum Gasteiger partial charge on any atom is -0.266 e. The third-order valence-corrected chi connectivity index (χ3v) is 6.82. The number of sulfone groups is 1. The predicted octanol–water partition coefficient (Wildman–Crippen LogP) is 0.548. The number of aliphatic imine (C=N–C) groups is 1. The van der Waals surface area contributed by atoms with E-state index in [0.717, 1.165) is 6.26 Å². The lowest BCUT2D eigenvalue weighted by atomic mass is 10.2. The maximum absolute atomic E-state index is 11.9. The summed E-state index contributed by atoms with van der Waals surface area (Å²) in [4.78, 5) is 4.31. The molecular formula is C12H16N2O4S2. The summed E-state index contributed by atoms with van der Waals surface area (Å²) in [6.45, 7) is 3.10. The number of amidine groups is 1. The van der Waals surface area contributed by atoms with Gasteiger partial charge in [-0.3, -0.25) is 9.71 Å². The summed E-state index contributed by atoms with van der Waals surface area (Å²) >= 11 is 0. The van der Waals surface area contributed by atoms with Gasteiger partial charge >= 0.3 is 0 Å². The van der Waals surface area contributed by atoms with Gasteiger partial charge < -0.3 is 0 Å². The Kier molecular flexibility index (Phi) is 3.42. The highest BCUT2D eigenvalue weighted by molar-refractivity contribution is 7.92. The SMILES string of the molecule is CC(C)(CN=C1NS(=O)(=O)c2ccccc21)S(C)(=O)=O. The molecule has 0 radical (unpaired) electrons. The molecule has 0 saturated heterocycles. The molecule has 1 aliphatic heterocycles. The molecule has 0 amide bonds. The Balaban J connectivity index is 2.40. The zero-order valence-corrected chi connectivity index (χ0v) is 13.0. The molecule has 1 heterocycles. The summed E-state index contributed by atoms with van der Waals surface area (Å²) in [6, 6.07) is 6.46. The van der Waals surface area contributed by atoms with E-state index in [1.807, 2.05) is 0 Å². The van der Waals surface area contributed by atoms with Crippen molar-refractivity contribution >= 4 is 25.7 Å². The first-order valence-electron chi connectivity index (χ1n) is 5.91. The number of rotatable bonds is 3. The van der Waals surface area contributed by atoms with E-state index in [9.17, 15) is 16.8 Å². The zero-order valence-electron chi connectivity index (χ0n) is 11.4. The third kappa shape index (κ3) is 2.57. The van der Waals surface area contributed by atoms with Crippen LogP contribution in [0, 0.1) is 0 Å². The molecule has 6 nitrogen and oxygen atoms in total. The van der Waals surface area contributed by atoms with Crippen molar-refractivity contribution in [2.24, 2.45) is 4.99 Å². The van der Waals surface area contributed by atoms with Crippen molar-refractivity contribution in [2.75, 3.05) is 12.8 Å². The number of fused-ring (bicyclic) bond motifs is 1. The normalized spacial score (nSPS) is 19.6. The number of hydrogen-bond donors (Lipinski definition) is 1. The number of hydrogen-bond acceptors (Lipinski definition) is 5. The minimum atomic E-state index is -3.59. The lowest BCUT2D eigenvalue weighted by Gasteiger charge is -2.19. The van der Waals surface area contributed by atoms with Gasteiger partial charge in [-0.25, -0.2) is 16.8 Å². The van der Waals surface area contributed by atoms with Gasteiger partial charge in [0.25, 0.3) is 10.0 Å². The second kappa shape index (κ2) is 4.56. The third-order valence-electron chi connectivity index (χ3n) is 3.28. The maximum Gasteiger partial charge on any atom is 0.263 e.